The van der Waals surface area contributed by atoms with Crippen molar-refractivity contribution in [2.24, 2.45) is 0 Å². The van der Waals surface area contributed by atoms with Crippen LogP contribution in [0.5, 0.6) is 0 Å². The summed E-state index contributed by atoms with van der Waals surface area (Å²) in [5.74, 6) is 0. The van der Waals surface area contributed by atoms with Crippen molar-refractivity contribution in [1.82, 2.24) is 0 Å². The Kier molecular flexibility index (Phi) is 3.15. The van der Waals surface area contributed by atoms with Gasteiger partial charge in [0.25, 0.3) is 0 Å². The molecule has 4 aromatic heterocycles. The van der Waals surface area contributed by atoms with Crippen LogP contribution in [0.1, 0.15) is 0 Å². The Morgan fingerprint density at radius 2 is 0.769 bits per heavy atom. The molecule has 0 fully saturated rings. The number of hydrogen-bond donors (Lipinski definition) is 0. The Bertz CT molecular complexity index is 1510. The van der Waals surface area contributed by atoms with Gasteiger partial charge in [-0.2, -0.15) is 0 Å². The average molecular weight is 590 g/mol. The second-order valence-electron chi connectivity index (χ2n) is 6.56. The molecule has 0 aliphatic rings. The van der Waals surface area contributed by atoms with Crippen LogP contribution in [-0.4, -0.2) is 58.0 Å². The summed E-state index contributed by atoms with van der Waals surface area (Å²) in [6, 6.07) is 23.4. The normalized spacial score (nSPS) is 12.6. The van der Waals surface area contributed by atoms with Gasteiger partial charge in [0.05, 0.1) is 0 Å². The van der Waals surface area contributed by atoms with E-state index < -0.39 is 0 Å². The van der Waals surface area contributed by atoms with Crippen molar-refractivity contribution in [3.05, 3.63) is 60.7 Å². The van der Waals surface area contributed by atoms with E-state index in [0.29, 0.717) is 58.0 Å². The Morgan fingerprint density at radius 1 is 0.385 bits per heavy atom. The van der Waals surface area contributed by atoms with Gasteiger partial charge in [-0.1, -0.05) is 0 Å². The molecule has 0 saturated heterocycles. The molecular weight excluding hydrogens is 580 g/mol. The minimum atomic E-state index is 0.489. The van der Waals surface area contributed by atoms with E-state index in [1.165, 1.54) is 0 Å². The molecule has 0 saturated carbocycles. The molecule has 0 spiro atoms. The Morgan fingerprint density at radius 3 is 1.27 bits per heavy atom. The molecule has 0 aliphatic heterocycles. The summed E-state index contributed by atoms with van der Waals surface area (Å²) in [7, 11) is 0. The maximum atomic E-state index is 2.60. The summed E-state index contributed by atoms with van der Waals surface area (Å²) < 4.78 is 13.3. The predicted octanol–water partition coefficient (Wildman–Crippen LogP) is 4.83. The van der Waals surface area contributed by atoms with Gasteiger partial charge in [0.2, 0.25) is 0 Å². The summed E-state index contributed by atoms with van der Waals surface area (Å²) in [4.78, 5) is 0. The van der Waals surface area contributed by atoms with Crippen LogP contribution in [0.2, 0.25) is 0 Å². The van der Waals surface area contributed by atoms with Crippen molar-refractivity contribution in [2.75, 3.05) is 0 Å². The van der Waals surface area contributed by atoms with Crippen LogP contribution >= 0.6 is 0 Å². The third kappa shape index (κ3) is 1.92. The first-order valence-corrected chi connectivity index (χ1v) is 15.3. The van der Waals surface area contributed by atoms with Crippen molar-refractivity contribution >= 4 is 114 Å². The summed E-state index contributed by atoms with van der Waals surface area (Å²) in [6.45, 7) is 0. The van der Waals surface area contributed by atoms with Gasteiger partial charge in [-0.25, -0.2) is 0 Å². The average Bonchev–Trinajstić information content (AvgIpc) is 3.38. The summed E-state index contributed by atoms with van der Waals surface area (Å²) in [5, 5.41) is 6.33. The van der Waals surface area contributed by atoms with Crippen LogP contribution in [0.4, 0.5) is 0 Å². The molecule has 7 aromatic rings. The molecule has 0 amide bonds. The van der Waals surface area contributed by atoms with Gasteiger partial charge in [0.1, 0.15) is 0 Å². The van der Waals surface area contributed by atoms with E-state index in [-0.39, 0.29) is 0 Å². The van der Waals surface area contributed by atoms with E-state index in [0.717, 1.165) is 0 Å². The van der Waals surface area contributed by atoms with Crippen molar-refractivity contribution < 1.29 is 0 Å². The van der Waals surface area contributed by atoms with E-state index in [1.54, 1.807) is 55.6 Å². The van der Waals surface area contributed by atoms with Gasteiger partial charge in [-0.05, 0) is 0 Å². The fourth-order valence-electron chi connectivity index (χ4n) is 3.90. The fraction of sp³-hybridized carbons (Fsp3) is 0. The summed E-state index contributed by atoms with van der Waals surface area (Å²) in [5.41, 5.74) is 0. The zero-order valence-corrected chi connectivity index (χ0v) is 20.3. The van der Waals surface area contributed by atoms with E-state index in [9.17, 15) is 0 Å². The molecule has 0 radical (unpaired) electrons. The van der Waals surface area contributed by atoms with Gasteiger partial charge in [-0.15, -0.1) is 0 Å². The summed E-state index contributed by atoms with van der Waals surface area (Å²) >= 11 is 1.99. The second-order valence-corrected chi connectivity index (χ2v) is 15.4. The molecule has 122 valence electrons. The minimum absolute atomic E-state index is 0.489. The molecule has 0 atom stereocenters. The number of hydrogen-bond acceptors (Lipinski definition) is 0. The second kappa shape index (κ2) is 5.39. The van der Waals surface area contributed by atoms with Crippen LogP contribution in [0.25, 0.3) is 55.6 Å². The van der Waals surface area contributed by atoms with E-state index in [1.807, 2.05) is 0 Å². The first kappa shape index (κ1) is 15.2. The Labute approximate surface area is 173 Å². The van der Waals surface area contributed by atoms with Gasteiger partial charge in [0, 0.05) is 0 Å². The standard InChI is InChI=1S/C22H10Se4/c1-3-7-15-11(5-1)19-21(23-15)13-9-18-14(10-17(13)25-19)22-20(26-18)12-6-2-4-8-16(12)24-22/h1-10H. The maximum absolute atomic E-state index is 2.60. The van der Waals surface area contributed by atoms with Crippen molar-refractivity contribution in [2.45, 2.75) is 0 Å². The van der Waals surface area contributed by atoms with Crippen LogP contribution in [0.3, 0.4) is 0 Å². The quantitative estimate of drug-likeness (QED) is 0.222. The van der Waals surface area contributed by atoms with Gasteiger partial charge < -0.3 is 0 Å². The van der Waals surface area contributed by atoms with E-state index in [2.05, 4.69) is 60.7 Å². The Hall–Kier alpha value is -0.782. The molecule has 4 heterocycles. The topological polar surface area (TPSA) is 0 Å². The molecule has 0 unspecified atom stereocenters. The zero-order valence-electron chi connectivity index (χ0n) is 13.4. The van der Waals surface area contributed by atoms with E-state index in [4.69, 9.17) is 0 Å². The van der Waals surface area contributed by atoms with Gasteiger partial charge in [0.15, 0.2) is 0 Å². The summed E-state index contributed by atoms with van der Waals surface area (Å²) in [6.07, 6.45) is 0. The predicted molar refractivity (Wildman–Crippen MR) is 119 cm³/mol. The number of fused-ring (bicyclic) bond motifs is 10. The van der Waals surface area contributed by atoms with Crippen molar-refractivity contribution in [3.63, 3.8) is 0 Å². The first-order valence-electron chi connectivity index (χ1n) is 8.44. The molecular formula is C22H10Se4. The van der Waals surface area contributed by atoms with Crippen LogP contribution in [0.15, 0.2) is 60.7 Å². The third-order valence-corrected chi connectivity index (χ3v) is 16.4. The molecule has 3 aromatic carbocycles. The SMILES string of the molecule is c1ccc2c(c1)[se]c1c3cc4[se]c5c6ccccc6[se]c5c4cc3[se]c21. The molecule has 7 rings (SSSR count). The van der Waals surface area contributed by atoms with Crippen LogP contribution in [-0.2, 0) is 0 Å². The number of rotatable bonds is 0. The fourth-order valence-corrected chi connectivity index (χ4v) is 16.6. The van der Waals surface area contributed by atoms with Gasteiger partial charge >= 0.3 is 174 Å². The first-order chi connectivity index (χ1) is 12.9. The van der Waals surface area contributed by atoms with Crippen LogP contribution in [0, 0.1) is 0 Å². The molecule has 0 aliphatic carbocycles. The van der Waals surface area contributed by atoms with Gasteiger partial charge in [-0.3, -0.25) is 0 Å². The zero-order chi connectivity index (χ0) is 16.8. The molecule has 26 heavy (non-hydrogen) atoms. The van der Waals surface area contributed by atoms with Crippen molar-refractivity contribution in [1.29, 1.82) is 0 Å². The molecule has 0 nitrogen and oxygen atoms in total. The van der Waals surface area contributed by atoms with Crippen molar-refractivity contribution in [3.8, 4) is 0 Å². The Balaban J connectivity index is 1.67. The monoisotopic (exact) mass is 594 g/mol. The number of benzene rings is 3. The molecule has 4 heteroatoms. The van der Waals surface area contributed by atoms with E-state index >= 15 is 0 Å². The molecule has 0 N–H and O–H groups in total. The van der Waals surface area contributed by atoms with Crippen LogP contribution < -0.4 is 0 Å². The molecule has 0 bridgehead atoms. The third-order valence-electron chi connectivity index (χ3n) is 5.09.